The van der Waals surface area contributed by atoms with Crippen molar-refractivity contribution in [3.63, 3.8) is 0 Å². The number of rotatable bonds is 5. The van der Waals surface area contributed by atoms with E-state index in [0.717, 1.165) is 18.2 Å². The lowest BCUT2D eigenvalue weighted by molar-refractivity contribution is -0.208. The van der Waals surface area contributed by atoms with E-state index in [1.165, 1.54) is 30.3 Å². The first kappa shape index (κ1) is 25.1. The molecule has 0 aromatic heterocycles. The van der Waals surface area contributed by atoms with E-state index in [-0.39, 0.29) is 47.6 Å². The first-order valence-corrected chi connectivity index (χ1v) is 11.4. The van der Waals surface area contributed by atoms with Crippen LogP contribution in [0.15, 0.2) is 54.6 Å². The van der Waals surface area contributed by atoms with Gasteiger partial charge in [-0.1, -0.05) is 24.3 Å². The third-order valence-electron chi connectivity index (χ3n) is 6.13. The number of hydrogen-bond donors (Lipinski definition) is 0. The number of benzene rings is 4. The smallest absolute Gasteiger partial charge is 0.195 e. The van der Waals surface area contributed by atoms with Crippen molar-refractivity contribution in [1.82, 2.24) is 0 Å². The Morgan fingerprint density at radius 2 is 1.46 bits per heavy atom. The maximum atomic E-state index is 14.6. The molecule has 5 rings (SSSR count). The second-order valence-electron chi connectivity index (χ2n) is 8.89. The Bertz CT molecular complexity index is 1460. The average molecular weight is 518 g/mol. The van der Waals surface area contributed by atoms with Gasteiger partial charge in [0.15, 0.2) is 41.1 Å². The molecular formula is C28H20F6O3. The van der Waals surface area contributed by atoms with Crippen molar-refractivity contribution in [2.45, 2.75) is 13.2 Å². The van der Waals surface area contributed by atoms with Crippen LogP contribution in [0.2, 0.25) is 0 Å². The van der Waals surface area contributed by atoms with Crippen LogP contribution in [-0.4, -0.2) is 19.8 Å². The van der Waals surface area contributed by atoms with Crippen LogP contribution in [0.25, 0.3) is 21.9 Å². The summed E-state index contributed by atoms with van der Waals surface area (Å²) < 4.78 is 101. The monoisotopic (exact) mass is 518 g/mol. The molecule has 1 fully saturated rings. The molecule has 0 saturated carbocycles. The van der Waals surface area contributed by atoms with Gasteiger partial charge in [0.05, 0.1) is 19.8 Å². The highest BCUT2D eigenvalue weighted by Gasteiger charge is 2.26. The molecule has 3 nitrogen and oxygen atoms in total. The summed E-state index contributed by atoms with van der Waals surface area (Å²) in [6.07, 6.45) is -0.853. The molecule has 0 N–H and O–H groups in total. The molecule has 4 aromatic rings. The molecule has 0 radical (unpaired) electrons. The highest BCUT2D eigenvalue weighted by atomic mass is 19.2. The minimum absolute atomic E-state index is 0.0462. The van der Waals surface area contributed by atoms with Gasteiger partial charge in [0, 0.05) is 22.4 Å². The summed E-state index contributed by atoms with van der Waals surface area (Å²) in [7, 11) is 0. The van der Waals surface area contributed by atoms with E-state index in [9.17, 15) is 26.3 Å². The SMILES string of the molecule is Cc1ccc(-c2cc(F)c(OCC3COC(c4ccc5c(F)c(F)c(F)cc5c4)OC3)c(F)c2)c(F)c1. The lowest BCUT2D eigenvalue weighted by Crippen LogP contribution is -2.31. The summed E-state index contributed by atoms with van der Waals surface area (Å²) in [6, 6.07) is 11.5. The molecular weight excluding hydrogens is 498 g/mol. The zero-order valence-electron chi connectivity index (χ0n) is 19.5. The Kier molecular flexibility index (Phi) is 6.83. The van der Waals surface area contributed by atoms with E-state index < -0.39 is 46.9 Å². The van der Waals surface area contributed by atoms with E-state index in [2.05, 4.69) is 0 Å². The summed E-state index contributed by atoms with van der Waals surface area (Å²) in [4.78, 5) is 0. The third-order valence-corrected chi connectivity index (χ3v) is 6.13. The molecule has 37 heavy (non-hydrogen) atoms. The highest BCUT2D eigenvalue weighted by molar-refractivity contribution is 5.84. The number of aryl methyl sites for hydroxylation is 1. The van der Waals surface area contributed by atoms with Crippen molar-refractivity contribution in [1.29, 1.82) is 0 Å². The zero-order valence-corrected chi connectivity index (χ0v) is 19.5. The molecule has 1 aliphatic heterocycles. The van der Waals surface area contributed by atoms with Gasteiger partial charge in [-0.05, 0) is 53.8 Å². The summed E-state index contributed by atoms with van der Waals surface area (Å²) in [5.41, 5.74) is 1.26. The summed E-state index contributed by atoms with van der Waals surface area (Å²) in [5, 5.41) is 0.0661. The maximum absolute atomic E-state index is 14.6. The number of fused-ring (bicyclic) bond motifs is 1. The fourth-order valence-electron chi connectivity index (χ4n) is 4.21. The Hall–Kier alpha value is -3.56. The van der Waals surface area contributed by atoms with Gasteiger partial charge in [-0.3, -0.25) is 0 Å². The molecule has 4 aromatic carbocycles. The van der Waals surface area contributed by atoms with Gasteiger partial charge in [-0.25, -0.2) is 26.3 Å². The van der Waals surface area contributed by atoms with E-state index in [0.29, 0.717) is 11.1 Å². The molecule has 0 aliphatic carbocycles. The first-order valence-electron chi connectivity index (χ1n) is 11.4. The van der Waals surface area contributed by atoms with Crippen LogP contribution in [0.3, 0.4) is 0 Å². The minimum Gasteiger partial charge on any atom is -0.487 e. The van der Waals surface area contributed by atoms with Crippen LogP contribution in [0.1, 0.15) is 17.4 Å². The zero-order chi connectivity index (χ0) is 26.3. The summed E-state index contributed by atoms with van der Waals surface area (Å²) in [5.74, 6) is -7.62. The van der Waals surface area contributed by atoms with Crippen molar-refractivity contribution < 1.29 is 40.6 Å². The van der Waals surface area contributed by atoms with Gasteiger partial charge in [0.2, 0.25) is 0 Å². The quantitative estimate of drug-likeness (QED) is 0.204. The largest absolute Gasteiger partial charge is 0.487 e. The second kappa shape index (κ2) is 10.1. The Morgan fingerprint density at radius 3 is 2.14 bits per heavy atom. The normalized spacial score (nSPS) is 17.8. The number of ether oxygens (including phenoxy) is 3. The first-order chi connectivity index (χ1) is 17.7. The average Bonchev–Trinajstić information content (AvgIpc) is 2.87. The van der Waals surface area contributed by atoms with E-state index in [1.807, 2.05) is 0 Å². The lowest BCUT2D eigenvalue weighted by Gasteiger charge is -2.29. The molecule has 192 valence electrons. The van der Waals surface area contributed by atoms with Crippen LogP contribution in [0, 0.1) is 47.7 Å². The molecule has 1 saturated heterocycles. The van der Waals surface area contributed by atoms with Crippen molar-refractivity contribution in [3.8, 4) is 16.9 Å². The van der Waals surface area contributed by atoms with Crippen molar-refractivity contribution in [2.24, 2.45) is 5.92 Å². The van der Waals surface area contributed by atoms with Crippen molar-refractivity contribution in [3.05, 3.63) is 101 Å². The minimum atomic E-state index is -1.54. The third kappa shape index (κ3) is 5.01. The van der Waals surface area contributed by atoms with Crippen molar-refractivity contribution >= 4 is 10.8 Å². The fraction of sp³-hybridized carbons (Fsp3) is 0.214. The number of hydrogen-bond acceptors (Lipinski definition) is 3. The fourth-order valence-corrected chi connectivity index (χ4v) is 4.21. The Labute approximate surface area is 208 Å². The van der Waals surface area contributed by atoms with Crippen LogP contribution >= 0.6 is 0 Å². The predicted octanol–water partition coefficient (Wildman–Crippen LogP) is 7.39. The lowest BCUT2D eigenvalue weighted by atomic mass is 10.0. The van der Waals surface area contributed by atoms with Gasteiger partial charge in [-0.2, -0.15) is 0 Å². The second-order valence-corrected chi connectivity index (χ2v) is 8.89. The predicted molar refractivity (Wildman–Crippen MR) is 124 cm³/mol. The van der Waals surface area contributed by atoms with Gasteiger partial charge >= 0.3 is 0 Å². The molecule has 0 spiro atoms. The van der Waals surface area contributed by atoms with E-state index in [1.54, 1.807) is 13.0 Å². The standard InChI is InChI=1S/C28H20F6O3/c1-14-2-4-19(21(29)6-14)18-9-23(31)27(24(32)10-18)35-11-15-12-36-28(37-13-15)16-3-5-20-17(7-16)8-22(30)26(34)25(20)33/h2-10,15,28H,11-13H2,1H3. The Balaban J connectivity index is 1.23. The van der Waals surface area contributed by atoms with Gasteiger partial charge in [0.25, 0.3) is 0 Å². The maximum Gasteiger partial charge on any atom is 0.195 e. The highest BCUT2D eigenvalue weighted by Crippen LogP contribution is 2.33. The van der Waals surface area contributed by atoms with Crippen molar-refractivity contribution in [2.75, 3.05) is 19.8 Å². The van der Waals surface area contributed by atoms with Gasteiger partial charge in [-0.15, -0.1) is 0 Å². The van der Waals surface area contributed by atoms with Gasteiger partial charge in [0.1, 0.15) is 5.82 Å². The van der Waals surface area contributed by atoms with E-state index in [4.69, 9.17) is 14.2 Å². The van der Waals surface area contributed by atoms with Crippen LogP contribution in [-0.2, 0) is 9.47 Å². The summed E-state index contributed by atoms with van der Waals surface area (Å²) >= 11 is 0. The van der Waals surface area contributed by atoms with E-state index >= 15 is 0 Å². The number of halogens is 6. The molecule has 0 amide bonds. The van der Waals surface area contributed by atoms with Crippen LogP contribution < -0.4 is 4.74 Å². The Morgan fingerprint density at radius 1 is 0.757 bits per heavy atom. The van der Waals surface area contributed by atoms with Crippen LogP contribution in [0.4, 0.5) is 26.3 Å². The van der Waals surface area contributed by atoms with Crippen LogP contribution in [0.5, 0.6) is 5.75 Å². The molecule has 0 atom stereocenters. The topological polar surface area (TPSA) is 27.7 Å². The summed E-state index contributed by atoms with van der Waals surface area (Å²) in [6.45, 7) is 1.82. The molecule has 0 unspecified atom stereocenters. The molecule has 9 heteroatoms. The molecule has 0 bridgehead atoms. The molecule has 1 aliphatic rings. The molecule has 1 heterocycles. The van der Waals surface area contributed by atoms with Gasteiger partial charge < -0.3 is 14.2 Å².